The number of aromatic nitrogens is 5. The molecule has 0 saturated carbocycles. The smallest absolute Gasteiger partial charge is 0.167 e. The summed E-state index contributed by atoms with van der Waals surface area (Å²) in [5.41, 5.74) is 9.36. The van der Waals surface area contributed by atoms with Crippen LogP contribution in [-0.2, 0) is 7.05 Å². The van der Waals surface area contributed by atoms with E-state index in [0.717, 1.165) is 40.4 Å². The molecule has 0 aliphatic heterocycles. The van der Waals surface area contributed by atoms with Crippen LogP contribution in [0.5, 0.6) is 0 Å². The van der Waals surface area contributed by atoms with Crippen molar-refractivity contribution in [2.24, 2.45) is 12.8 Å². The number of nitrogens with zero attached hydrogens (tertiary/aromatic N) is 5. The third-order valence-corrected chi connectivity index (χ3v) is 3.55. The lowest BCUT2D eigenvalue weighted by atomic mass is 10.2. The number of hydrogen-bond donors (Lipinski definition) is 2. The Morgan fingerprint density at radius 3 is 2.58 bits per heavy atom. The highest BCUT2D eigenvalue weighted by Gasteiger charge is 2.14. The van der Waals surface area contributed by atoms with Crippen molar-refractivity contribution >= 4 is 22.6 Å². The summed E-state index contributed by atoms with van der Waals surface area (Å²) in [5.74, 6) is 0.762. The molecule has 24 heavy (non-hydrogen) atoms. The summed E-state index contributed by atoms with van der Waals surface area (Å²) in [6, 6.07) is 12.1. The molecular weight excluding hydrogens is 302 g/mol. The fourth-order valence-electron chi connectivity index (χ4n) is 2.54. The van der Waals surface area contributed by atoms with Gasteiger partial charge in [0.1, 0.15) is 0 Å². The van der Waals surface area contributed by atoms with Gasteiger partial charge in [-0.3, -0.25) is 0 Å². The highest BCUT2D eigenvalue weighted by atomic mass is 15.3. The maximum atomic E-state index is 4.85. The van der Waals surface area contributed by atoms with Crippen LogP contribution in [0, 0.1) is 0 Å². The largest absolute Gasteiger partial charge is 0.371 e. The van der Waals surface area contributed by atoms with Gasteiger partial charge in [0.15, 0.2) is 22.6 Å². The predicted molar refractivity (Wildman–Crippen MR) is 97.0 cm³/mol. The molecule has 0 radical (unpaired) electrons. The van der Waals surface area contributed by atoms with Crippen LogP contribution in [0.25, 0.3) is 28.1 Å². The van der Waals surface area contributed by atoms with E-state index in [1.807, 2.05) is 66.5 Å². The minimum atomic E-state index is 0.750. The number of rotatable bonds is 2. The Morgan fingerprint density at radius 2 is 1.92 bits per heavy atom. The normalized spacial score (nSPS) is 10.7. The van der Waals surface area contributed by atoms with E-state index in [9.17, 15) is 0 Å². The first kappa shape index (κ1) is 15.9. The molecule has 124 valence electrons. The van der Waals surface area contributed by atoms with E-state index in [2.05, 4.69) is 20.4 Å². The third kappa shape index (κ3) is 2.69. The monoisotopic (exact) mass is 323 g/mol. The van der Waals surface area contributed by atoms with Crippen molar-refractivity contribution in [2.45, 2.75) is 6.92 Å². The fraction of sp³-hybridized carbons (Fsp3) is 0.235. The van der Waals surface area contributed by atoms with Gasteiger partial charge in [-0.1, -0.05) is 37.3 Å². The van der Waals surface area contributed by atoms with Crippen LogP contribution in [0.1, 0.15) is 6.92 Å². The standard InChI is InChI=1S/C15H14N6.C2H7N/c1-16-14-13-15(20(2)9-17-13)21-12(18-14)8-11(19-21)10-6-4-3-5-7-10;1-2-3/h3-9H,1-2H3,(H,16,18);2-3H2,1H3. The van der Waals surface area contributed by atoms with Crippen molar-refractivity contribution in [1.29, 1.82) is 0 Å². The molecule has 0 aliphatic carbocycles. The lowest BCUT2D eigenvalue weighted by Gasteiger charge is -2.03. The van der Waals surface area contributed by atoms with E-state index < -0.39 is 0 Å². The Bertz CT molecular complexity index is 953. The highest BCUT2D eigenvalue weighted by molar-refractivity contribution is 5.86. The zero-order valence-electron chi connectivity index (χ0n) is 14.1. The van der Waals surface area contributed by atoms with E-state index >= 15 is 0 Å². The Hall–Kier alpha value is -2.93. The van der Waals surface area contributed by atoms with E-state index in [0.29, 0.717) is 0 Å². The second-order valence-corrected chi connectivity index (χ2v) is 5.31. The van der Waals surface area contributed by atoms with Crippen molar-refractivity contribution in [1.82, 2.24) is 24.1 Å². The molecule has 0 unspecified atom stereocenters. The van der Waals surface area contributed by atoms with Crippen molar-refractivity contribution < 1.29 is 0 Å². The van der Waals surface area contributed by atoms with Crippen molar-refractivity contribution in [3.63, 3.8) is 0 Å². The fourth-order valence-corrected chi connectivity index (χ4v) is 2.54. The second-order valence-electron chi connectivity index (χ2n) is 5.31. The first-order chi connectivity index (χ1) is 11.7. The zero-order chi connectivity index (χ0) is 17.1. The van der Waals surface area contributed by atoms with E-state index in [4.69, 9.17) is 5.73 Å². The molecule has 3 heterocycles. The zero-order valence-corrected chi connectivity index (χ0v) is 14.1. The van der Waals surface area contributed by atoms with Crippen LogP contribution in [0.15, 0.2) is 42.7 Å². The number of anilines is 1. The van der Waals surface area contributed by atoms with Gasteiger partial charge in [0.2, 0.25) is 0 Å². The molecule has 0 fully saturated rings. The average molecular weight is 323 g/mol. The van der Waals surface area contributed by atoms with Crippen molar-refractivity contribution in [3.05, 3.63) is 42.7 Å². The molecular formula is C17H21N7. The van der Waals surface area contributed by atoms with Crippen LogP contribution >= 0.6 is 0 Å². The van der Waals surface area contributed by atoms with Crippen LogP contribution in [0.2, 0.25) is 0 Å². The molecule has 0 saturated heterocycles. The van der Waals surface area contributed by atoms with Gasteiger partial charge in [0.05, 0.1) is 12.0 Å². The number of nitrogens with two attached hydrogens (primary N) is 1. The number of nitrogens with one attached hydrogen (secondary N) is 1. The van der Waals surface area contributed by atoms with Crippen LogP contribution in [0.3, 0.4) is 0 Å². The molecule has 7 nitrogen and oxygen atoms in total. The van der Waals surface area contributed by atoms with Gasteiger partial charge in [-0.25, -0.2) is 9.97 Å². The average Bonchev–Trinajstić information content (AvgIpc) is 3.19. The lowest BCUT2D eigenvalue weighted by Crippen LogP contribution is -2.01. The summed E-state index contributed by atoms with van der Waals surface area (Å²) < 4.78 is 3.79. The van der Waals surface area contributed by atoms with Gasteiger partial charge in [0, 0.05) is 25.7 Å². The van der Waals surface area contributed by atoms with Crippen LogP contribution < -0.4 is 11.1 Å². The Morgan fingerprint density at radius 1 is 1.21 bits per heavy atom. The van der Waals surface area contributed by atoms with Gasteiger partial charge >= 0.3 is 0 Å². The summed E-state index contributed by atoms with van der Waals surface area (Å²) in [4.78, 5) is 8.99. The Balaban J connectivity index is 0.000000526. The second kappa shape index (κ2) is 6.67. The maximum Gasteiger partial charge on any atom is 0.167 e. The van der Waals surface area contributed by atoms with Crippen molar-refractivity contribution in [3.8, 4) is 11.3 Å². The van der Waals surface area contributed by atoms with Crippen LogP contribution in [-0.4, -0.2) is 37.7 Å². The number of fused-ring (bicyclic) bond motifs is 3. The topological polar surface area (TPSA) is 86.1 Å². The molecule has 7 heteroatoms. The molecule has 3 N–H and O–H groups in total. The number of hydrogen-bond acceptors (Lipinski definition) is 5. The molecule has 0 bridgehead atoms. The predicted octanol–water partition coefficient (Wildman–Crippen LogP) is 2.29. The molecule has 4 rings (SSSR count). The third-order valence-electron chi connectivity index (χ3n) is 3.55. The highest BCUT2D eigenvalue weighted by Crippen LogP contribution is 2.24. The maximum absolute atomic E-state index is 4.85. The lowest BCUT2D eigenvalue weighted by molar-refractivity contribution is 0.877. The Labute approximate surface area is 140 Å². The van der Waals surface area contributed by atoms with Crippen molar-refractivity contribution in [2.75, 3.05) is 18.9 Å². The van der Waals surface area contributed by atoms with Crippen LogP contribution in [0.4, 0.5) is 5.82 Å². The van der Waals surface area contributed by atoms with Gasteiger partial charge < -0.3 is 15.6 Å². The summed E-state index contributed by atoms with van der Waals surface area (Å²) >= 11 is 0. The molecule has 0 atom stereocenters. The van der Waals surface area contributed by atoms with E-state index in [1.54, 1.807) is 6.33 Å². The van der Waals surface area contributed by atoms with Gasteiger partial charge in [-0.15, -0.1) is 0 Å². The minimum Gasteiger partial charge on any atom is -0.371 e. The summed E-state index contributed by atoms with van der Waals surface area (Å²) in [6.07, 6.45) is 1.77. The first-order valence-electron chi connectivity index (χ1n) is 7.83. The molecule has 1 aromatic carbocycles. The first-order valence-corrected chi connectivity index (χ1v) is 7.83. The van der Waals surface area contributed by atoms with Gasteiger partial charge in [-0.2, -0.15) is 9.61 Å². The quantitative estimate of drug-likeness (QED) is 0.591. The molecule has 4 aromatic rings. The summed E-state index contributed by atoms with van der Waals surface area (Å²) in [6.45, 7) is 2.65. The molecule has 0 amide bonds. The van der Waals surface area contributed by atoms with E-state index in [1.165, 1.54) is 0 Å². The number of benzene rings is 1. The number of aryl methyl sites for hydroxylation is 1. The summed E-state index contributed by atoms with van der Waals surface area (Å²) in [5, 5.41) is 7.78. The summed E-state index contributed by atoms with van der Waals surface area (Å²) in [7, 11) is 3.81. The minimum absolute atomic E-state index is 0.750. The molecule has 3 aromatic heterocycles. The SMILES string of the molecule is CCN.CNc1nc2cc(-c3ccccc3)nn2c2c1ncn2C. The van der Waals surface area contributed by atoms with Gasteiger partial charge in [0.25, 0.3) is 0 Å². The van der Waals surface area contributed by atoms with E-state index in [-0.39, 0.29) is 0 Å². The molecule has 0 aliphatic rings. The Kier molecular flexibility index (Phi) is 4.43. The molecule has 0 spiro atoms. The number of imidazole rings is 1. The van der Waals surface area contributed by atoms with Gasteiger partial charge in [-0.05, 0) is 6.54 Å².